The van der Waals surface area contributed by atoms with Crippen molar-refractivity contribution in [3.63, 3.8) is 0 Å². The van der Waals surface area contributed by atoms with Crippen LogP contribution >= 0.6 is 0 Å². The highest BCUT2D eigenvalue weighted by atomic mass is 32.2. The SMILES string of the molecule is Cn1ccc(S(=O)(=O)c2nc(Nc3c4c(cc5c3CCC5)CCC4)n(COCC[Si](C)(C)C)n2)n1. The smallest absolute Gasteiger partial charge is 0.275 e. The van der Waals surface area contributed by atoms with Crippen molar-refractivity contribution in [2.75, 3.05) is 11.9 Å². The van der Waals surface area contributed by atoms with Crippen LogP contribution < -0.4 is 5.32 Å². The molecule has 1 N–H and O–H groups in total. The van der Waals surface area contributed by atoms with E-state index in [1.807, 2.05) is 0 Å². The van der Waals surface area contributed by atoms with Gasteiger partial charge in [-0.15, -0.1) is 5.10 Å². The van der Waals surface area contributed by atoms with Crippen LogP contribution in [-0.2, 0) is 54.0 Å². The quantitative estimate of drug-likeness (QED) is 0.341. The second-order valence-corrected chi connectivity index (χ2v) is 18.2. The number of nitrogens with zero attached hydrogens (tertiary/aromatic N) is 5. The molecular weight excluding hydrogens is 480 g/mol. The molecule has 0 spiro atoms. The molecule has 1 aromatic carbocycles. The monoisotopic (exact) mass is 514 g/mol. The van der Waals surface area contributed by atoms with Crippen molar-refractivity contribution in [1.29, 1.82) is 0 Å². The van der Waals surface area contributed by atoms with Gasteiger partial charge in [-0.25, -0.2) is 13.1 Å². The number of aryl methyl sites for hydroxylation is 3. The van der Waals surface area contributed by atoms with Gasteiger partial charge in [-0.1, -0.05) is 25.7 Å². The molecule has 0 radical (unpaired) electrons. The summed E-state index contributed by atoms with van der Waals surface area (Å²) in [5.41, 5.74) is 6.53. The molecule has 2 aliphatic carbocycles. The molecule has 3 aromatic rings. The van der Waals surface area contributed by atoms with E-state index in [2.05, 4.69) is 46.2 Å². The third-order valence-electron chi connectivity index (χ3n) is 6.78. The topological polar surface area (TPSA) is 104 Å². The molecule has 2 aromatic heterocycles. The lowest BCUT2D eigenvalue weighted by Gasteiger charge is -2.18. The van der Waals surface area contributed by atoms with Crippen LogP contribution in [0, 0.1) is 0 Å². The van der Waals surface area contributed by atoms with E-state index < -0.39 is 17.9 Å². The van der Waals surface area contributed by atoms with Gasteiger partial charge in [0.1, 0.15) is 6.73 Å². The van der Waals surface area contributed by atoms with Crippen LogP contribution in [0.15, 0.2) is 28.5 Å². The predicted molar refractivity (Wildman–Crippen MR) is 137 cm³/mol. The van der Waals surface area contributed by atoms with Crippen molar-refractivity contribution in [2.45, 2.75) is 81.1 Å². The molecule has 2 heterocycles. The van der Waals surface area contributed by atoms with E-state index in [1.165, 1.54) is 37.7 Å². The normalized spacial score (nSPS) is 15.4. The third kappa shape index (κ3) is 4.94. The number of anilines is 2. The molecule has 0 unspecified atom stereocenters. The van der Waals surface area contributed by atoms with Gasteiger partial charge in [0.15, 0.2) is 5.03 Å². The number of hydrogen-bond donors (Lipinski definition) is 1. The Morgan fingerprint density at radius 1 is 1.06 bits per heavy atom. The van der Waals surface area contributed by atoms with Crippen LogP contribution in [0.1, 0.15) is 35.1 Å². The summed E-state index contributed by atoms with van der Waals surface area (Å²) in [5.74, 6) is 0.391. The maximum atomic E-state index is 13.2. The van der Waals surface area contributed by atoms with Crippen molar-refractivity contribution >= 4 is 29.5 Å². The molecule has 0 saturated carbocycles. The number of hydrogen-bond acceptors (Lipinski definition) is 7. The van der Waals surface area contributed by atoms with Crippen molar-refractivity contribution < 1.29 is 13.2 Å². The summed E-state index contributed by atoms with van der Waals surface area (Å²) in [6.07, 6.45) is 8.08. The highest BCUT2D eigenvalue weighted by Gasteiger charge is 2.29. The van der Waals surface area contributed by atoms with E-state index in [4.69, 9.17) is 4.74 Å². The van der Waals surface area contributed by atoms with Gasteiger partial charge in [0.2, 0.25) is 5.95 Å². The minimum Gasteiger partial charge on any atom is -0.359 e. The van der Waals surface area contributed by atoms with E-state index in [0.29, 0.717) is 12.6 Å². The molecule has 0 bridgehead atoms. The van der Waals surface area contributed by atoms with Crippen LogP contribution in [0.4, 0.5) is 11.6 Å². The van der Waals surface area contributed by atoms with Gasteiger partial charge in [-0.3, -0.25) is 4.68 Å². The van der Waals surface area contributed by atoms with E-state index in [-0.39, 0.29) is 16.9 Å². The largest absolute Gasteiger partial charge is 0.359 e. The first-order valence-corrected chi connectivity index (χ1v) is 17.5. The zero-order valence-electron chi connectivity index (χ0n) is 21.0. The Morgan fingerprint density at radius 3 is 2.34 bits per heavy atom. The Morgan fingerprint density at radius 2 is 1.74 bits per heavy atom. The molecule has 0 saturated heterocycles. The molecule has 0 amide bonds. The summed E-state index contributed by atoms with van der Waals surface area (Å²) < 4.78 is 35.4. The minimum atomic E-state index is -3.95. The van der Waals surface area contributed by atoms with E-state index in [9.17, 15) is 8.42 Å². The number of ether oxygens (including phenoxy) is 1. The third-order valence-corrected chi connectivity index (χ3v) is 9.90. The van der Waals surface area contributed by atoms with Crippen molar-refractivity contribution in [3.8, 4) is 0 Å². The van der Waals surface area contributed by atoms with Gasteiger partial charge < -0.3 is 10.1 Å². The van der Waals surface area contributed by atoms with Gasteiger partial charge in [-0.05, 0) is 72.9 Å². The lowest BCUT2D eigenvalue weighted by atomic mass is 9.99. The summed E-state index contributed by atoms with van der Waals surface area (Å²) in [7, 11) is -3.52. The van der Waals surface area contributed by atoms with Crippen molar-refractivity contribution in [3.05, 3.63) is 40.6 Å². The average molecular weight is 515 g/mol. The summed E-state index contributed by atoms with van der Waals surface area (Å²) in [4.78, 5) is 4.47. The van der Waals surface area contributed by atoms with Gasteiger partial charge in [-0.2, -0.15) is 10.1 Å². The molecule has 2 aliphatic rings. The molecular formula is C24H34N6O3SSi. The molecule has 188 valence electrons. The molecule has 11 heteroatoms. The van der Waals surface area contributed by atoms with Crippen molar-refractivity contribution in [1.82, 2.24) is 24.5 Å². The fourth-order valence-electron chi connectivity index (χ4n) is 4.86. The van der Waals surface area contributed by atoms with E-state index >= 15 is 0 Å². The Bertz CT molecular complexity index is 1320. The number of sulfone groups is 1. The molecule has 0 atom stereocenters. The first kappa shape index (κ1) is 24.2. The number of rotatable bonds is 9. The zero-order valence-corrected chi connectivity index (χ0v) is 22.8. The molecule has 5 rings (SSSR count). The highest BCUT2D eigenvalue weighted by molar-refractivity contribution is 7.91. The fraction of sp³-hybridized carbons (Fsp3) is 0.542. The first-order valence-electron chi connectivity index (χ1n) is 12.3. The summed E-state index contributed by atoms with van der Waals surface area (Å²) >= 11 is 0. The standard InChI is InChI=1S/C24H34N6O3SSi/c1-29-12-11-21(27-29)34(31,32)24-26-23(30(28-24)16-33-13-14-35(2,3)4)25-22-19-9-5-7-17(19)15-18-8-6-10-20(18)22/h11-12,15H,5-10,13-14,16H2,1-4H3,(H,25,26,28). The van der Waals surface area contributed by atoms with Crippen LogP contribution in [0.5, 0.6) is 0 Å². The predicted octanol–water partition coefficient (Wildman–Crippen LogP) is 3.88. The second-order valence-electron chi connectivity index (χ2n) is 10.8. The number of fused-ring (bicyclic) bond motifs is 2. The first-order chi connectivity index (χ1) is 16.6. The molecule has 0 fully saturated rings. The maximum absolute atomic E-state index is 13.2. The Kier molecular flexibility index (Phi) is 6.35. The van der Waals surface area contributed by atoms with Crippen molar-refractivity contribution in [2.24, 2.45) is 7.05 Å². The van der Waals surface area contributed by atoms with E-state index in [1.54, 1.807) is 13.2 Å². The highest BCUT2D eigenvalue weighted by Crippen LogP contribution is 2.39. The molecule has 35 heavy (non-hydrogen) atoms. The second kappa shape index (κ2) is 9.18. The summed E-state index contributed by atoms with van der Waals surface area (Å²) in [5, 5.41) is 11.6. The van der Waals surface area contributed by atoms with Gasteiger partial charge in [0.05, 0.1) is 0 Å². The van der Waals surface area contributed by atoms with Crippen LogP contribution in [0.25, 0.3) is 0 Å². The molecule has 0 aliphatic heterocycles. The summed E-state index contributed by atoms with van der Waals surface area (Å²) in [6, 6.07) is 4.85. The Labute approximate surface area is 207 Å². The van der Waals surface area contributed by atoms with Gasteiger partial charge >= 0.3 is 0 Å². The van der Waals surface area contributed by atoms with Crippen LogP contribution in [-0.4, -0.2) is 47.6 Å². The van der Waals surface area contributed by atoms with E-state index in [0.717, 1.165) is 50.3 Å². The Balaban J connectivity index is 1.50. The molecule has 9 nitrogen and oxygen atoms in total. The lowest BCUT2D eigenvalue weighted by molar-refractivity contribution is 0.0792. The number of nitrogens with one attached hydrogen (secondary N) is 1. The Hall–Kier alpha value is -2.50. The lowest BCUT2D eigenvalue weighted by Crippen LogP contribution is -2.22. The summed E-state index contributed by atoms with van der Waals surface area (Å²) in [6.45, 7) is 7.63. The van der Waals surface area contributed by atoms with Crippen LogP contribution in [0.2, 0.25) is 25.7 Å². The maximum Gasteiger partial charge on any atom is 0.275 e. The minimum absolute atomic E-state index is 0.0650. The fourth-order valence-corrected chi connectivity index (χ4v) is 6.69. The van der Waals surface area contributed by atoms with Gasteiger partial charge in [0, 0.05) is 33.6 Å². The average Bonchev–Trinajstić information content (AvgIpc) is 3.57. The number of aromatic nitrogens is 5. The van der Waals surface area contributed by atoms with Gasteiger partial charge in [0.25, 0.3) is 15.0 Å². The zero-order chi connectivity index (χ0) is 24.8. The number of benzene rings is 1. The van der Waals surface area contributed by atoms with Crippen LogP contribution in [0.3, 0.4) is 0 Å².